The monoisotopic (exact) mass is 208 g/mol. The molecule has 15 heavy (non-hydrogen) atoms. The lowest BCUT2D eigenvalue weighted by Gasteiger charge is -2.37. The molecule has 1 aliphatic heterocycles. The average molecular weight is 208 g/mol. The first-order chi connectivity index (χ1) is 6.93. The molecule has 1 aliphatic carbocycles. The van der Waals surface area contributed by atoms with Crippen LogP contribution in [0.4, 0.5) is 0 Å². The van der Waals surface area contributed by atoms with Crippen LogP contribution < -0.4 is 0 Å². The molecule has 1 heterocycles. The molecule has 0 unspecified atom stereocenters. The summed E-state index contributed by atoms with van der Waals surface area (Å²) in [5.41, 5.74) is 1.44. The van der Waals surface area contributed by atoms with Crippen molar-refractivity contribution in [3.05, 3.63) is 12.2 Å². The fourth-order valence-electron chi connectivity index (χ4n) is 3.29. The summed E-state index contributed by atoms with van der Waals surface area (Å²) in [7, 11) is 0. The van der Waals surface area contributed by atoms with Crippen LogP contribution in [0.2, 0.25) is 0 Å². The van der Waals surface area contributed by atoms with E-state index in [-0.39, 0.29) is 17.3 Å². The maximum absolute atomic E-state index is 11.2. The smallest absolute Gasteiger partial charge is 0.132 e. The van der Waals surface area contributed by atoms with Crippen LogP contribution in [0.1, 0.15) is 40.0 Å². The Morgan fingerprint density at radius 1 is 1.60 bits per heavy atom. The predicted molar refractivity (Wildman–Crippen MR) is 59.6 cm³/mol. The lowest BCUT2D eigenvalue weighted by molar-refractivity contribution is -0.119. The molecule has 0 N–H and O–H groups in total. The Bertz CT molecular complexity index is 304. The molecular weight excluding hydrogens is 188 g/mol. The summed E-state index contributed by atoms with van der Waals surface area (Å²) >= 11 is 0. The fraction of sp³-hybridized carbons (Fsp3) is 0.769. The summed E-state index contributed by atoms with van der Waals surface area (Å²) < 4.78 is 6.00. The summed E-state index contributed by atoms with van der Waals surface area (Å²) in [6.45, 7) is 10.3. The van der Waals surface area contributed by atoms with Crippen molar-refractivity contribution >= 4 is 5.78 Å². The van der Waals surface area contributed by atoms with E-state index >= 15 is 0 Å². The highest BCUT2D eigenvalue weighted by molar-refractivity contribution is 5.76. The number of rotatable bonds is 2. The Morgan fingerprint density at radius 3 is 2.87 bits per heavy atom. The first-order valence-electron chi connectivity index (χ1n) is 5.75. The minimum atomic E-state index is 0.0810. The number of hydrogen-bond donors (Lipinski definition) is 0. The van der Waals surface area contributed by atoms with Gasteiger partial charge in [-0.1, -0.05) is 26.0 Å². The highest BCUT2D eigenvalue weighted by Gasteiger charge is 2.53. The van der Waals surface area contributed by atoms with E-state index in [1.165, 1.54) is 5.57 Å². The van der Waals surface area contributed by atoms with Gasteiger partial charge in [0, 0.05) is 12.3 Å². The molecule has 2 fully saturated rings. The van der Waals surface area contributed by atoms with Crippen LogP contribution in [0, 0.1) is 11.3 Å². The van der Waals surface area contributed by atoms with Crippen molar-refractivity contribution in [2.75, 3.05) is 0 Å². The topological polar surface area (TPSA) is 26.3 Å². The van der Waals surface area contributed by atoms with Crippen LogP contribution in [-0.4, -0.2) is 18.0 Å². The lowest BCUT2D eigenvalue weighted by atomic mass is 9.65. The molecule has 2 heteroatoms. The number of fused-ring (bicyclic) bond motifs is 2. The van der Waals surface area contributed by atoms with Crippen LogP contribution in [0.3, 0.4) is 0 Å². The predicted octanol–water partition coefficient (Wildman–Crippen LogP) is 2.73. The van der Waals surface area contributed by atoms with Gasteiger partial charge in [0.25, 0.3) is 0 Å². The number of hydrogen-bond acceptors (Lipinski definition) is 2. The third-order valence-corrected chi connectivity index (χ3v) is 4.00. The van der Waals surface area contributed by atoms with Crippen LogP contribution >= 0.6 is 0 Å². The molecule has 1 saturated carbocycles. The summed E-state index contributed by atoms with van der Waals surface area (Å²) in [6.07, 6.45) is 3.07. The summed E-state index contributed by atoms with van der Waals surface area (Å²) in [4.78, 5) is 11.2. The summed E-state index contributed by atoms with van der Waals surface area (Å²) in [6, 6.07) is 0. The molecule has 0 aromatic carbocycles. The quantitative estimate of drug-likeness (QED) is 0.652. The normalized spacial score (nSPS) is 38.1. The van der Waals surface area contributed by atoms with Crippen LogP contribution in [0.5, 0.6) is 0 Å². The van der Waals surface area contributed by atoms with Gasteiger partial charge in [-0.15, -0.1) is 0 Å². The van der Waals surface area contributed by atoms with Gasteiger partial charge in [0.1, 0.15) is 5.78 Å². The second kappa shape index (κ2) is 3.44. The van der Waals surface area contributed by atoms with Gasteiger partial charge in [-0.3, -0.25) is 4.79 Å². The largest absolute Gasteiger partial charge is 0.373 e. The minimum absolute atomic E-state index is 0.0810. The van der Waals surface area contributed by atoms with E-state index in [0.717, 1.165) is 12.8 Å². The van der Waals surface area contributed by atoms with Gasteiger partial charge in [-0.2, -0.15) is 0 Å². The first kappa shape index (κ1) is 10.9. The Hall–Kier alpha value is -0.630. The van der Waals surface area contributed by atoms with Gasteiger partial charge in [0.05, 0.1) is 12.2 Å². The highest BCUT2D eigenvalue weighted by atomic mass is 16.5. The average Bonchev–Trinajstić information content (AvgIpc) is 2.25. The lowest BCUT2D eigenvalue weighted by Crippen LogP contribution is -2.36. The molecule has 1 saturated heterocycles. The molecule has 84 valence electrons. The van der Waals surface area contributed by atoms with E-state index in [4.69, 9.17) is 4.74 Å². The molecule has 2 nitrogen and oxygen atoms in total. The van der Waals surface area contributed by atoms with E-state index in [1.54, 1.807) is 6.92 Å². The Kier molecular flexibility index (Phi) is 2.50. The number of ether oxygens (including phenoxy) is 1. The van der Waals surface area contributed by atoms with Gasteiger partial charge >= 0.3 is 0 Å². The zero-order valence-corrected chi connectivity index (χ0v) is 9.88. The van der Waals surface area contributed by atoms with Crippen molar-refractivity contribution in [2.24, 2.45) is 11.3 Å². The van der Waals surface area contributed by atoms with Crippen molar-refractivity contribution in [3.8, 4) is 0 Å². The molecule has 2 bridgehead atoms. The zero-order valence-electron chi connectivity index (χ0n) is 9.88. The minimum Gasteiger partial charge on any atom is -0.373 e. The fourth-order valence-corrected chi connectivity index (χ4v) is 3.29. The van der Waals surface area contributed by atoms with Crippen molar-refractivity contribution in [1.82, 2.24) is 0 Å². The second-order valence-corrected chi connectivity index (χ2v) is 5.57. The molecule has 3 atom stereocenters. The summed E-state index contributed by atoms with van der Waals surface area (Å²) in [5, 5.41) is 0. The van der Waals surface area contributed by atoms with E-state index in [0.29, 0.717) is 18.4 Å². The summed E-state index contributed by atoms with van der Waals surface area (Å²) in [5.74, 6) is 0.594. The van der Waals surface area contributed by atoms with Crippen molar-refractivity contribution < 1.29 is 9.53 Å². The van der Waals surface area contributed by atoms with E-state index in [2.05, 4.69) is 20.4 Å². The van der Waals surface area contributed by atoms with Gasteiger partial charge in [0.2, 0.25) is 0 Å². The molecule has 0 aromatic rings. The molecule has 0 spiro atoms. The molecule has 0 aromatic heterocycles. The Labute approximate surface area is 91.7 Å². The molecular formula is C13H20O2. The number of Topliss-reactive ketones (excluding diaryl/α,β-unsaturated/α-hetero) is 1. The highest BCUT2D eigenvalue weighted by Crippen LogP contribution is 2.53. The van der Waals surface area contributed by atoms with Gasteiger partial charge in [-0.05, 0) is 25.2 Å². The third-order valence-electron chi connectivity index (χ3n) is 4.00. The molecule has 2 aliphatic rings. The van der Waals surface area contributed by atoms with Gasteiger partial charge in [0.15, 0.2) is 0 Å². The second-order valence-electron chi connectivity index (χ2n) is 5.57. The zero-order chi connectivity index (χ0) is 11.2. The van der Waals surface area contributed by atoms with E-state index in [9.17, 15) is 4.79 Å². The number of carbonyl (C=O) groups is 1. The first-order valence-corrected chi connectivity index (χ1v) is 5.75. The van der Waals surface area contributed by atoms with Crippen LogP contribution in [-0.2, 0) is 9.53 Å². The molecule has 2 rings (SSSR count). The Morgan fingerprint density at radius 2 is 2.27 bits per heavy atom. The SMILES string of the molecule is C=C1CC[C@@H]2O[C@H](CC(C)=O)[C@H]1C2(C)C. The third kappa shape index (κ3) is 1.65. The van der Waals surface area contributed by atoms with Crippen LogP contribution in [0.25, 0.3) is 0 Å². The number of ketones is 1. The van der Waals surface area contributed by atoms with Gasteiger partial charge < -0.3 is 4.74 Å². The molecule has 0 radical (unpaired) electrons. The van der Waals surface area contributed by atoms with Gasteiger partial charge in [-0.25, -0.2) is 0 Å². The van der Waals surface area contributed by atoms with E-state index < -0.39 is 0 Å². The number of carbonyl (C=O) groups excluding carboxylic acids is 1. The van der Waals surface area contributed by atoms with Crippen molar-refractivity contribution in [3.63, 3.8) is 0 Å². The standard InChI is InChI=1S/C13H20O2/c1-8-5-6-11-13(3,4)12(8)10(15-11)7-9(2)14/h10-12H,1,5-7H2,2-4H3/t10-,11+,12+/m1/s1. The van der Waals surface area contributed by atoms with Crippen molar-refractivity contribution in [2.45, 2.75) is 52.2 Å². The van der Waals surface area contributed by atoms with Crippen molar-refractivity contribution in [1.29, 1.82) is 0 Å². The van der Waals surface area contributed by atoms with Crippen LogP contribution in [0.15, 0.2) is 12.2 Å². The molecule has 0 amide bonds. The van der Waals surface area contributed by atoms with E-state index in [1.807, 2.05) is 0 Å². The maximum atomic E-state index is 11.2. The Balaban J connectivity index is 2.24. The maximum Gasteiger partial charge on any atom is 0.132 e.